The number of aryl methyl sites for hydroxylation is 1. The summed E-state index contributed by atoms with van der Waals surface area (Å²) in [4.78, 5) is 14.0. The van der Waals surface area contributed by atoms with Gasteiger partial charge in [0, 0.05) is 17.8 Å². The number of nitrogens with zero attached hydrogens (tertiary/aromatic N) is 1. The van der Waals surface area contributed by atoms with Crippen molar-refractivity contribution < 1.29 is 22.0 Å². The van der Waals surface area contributed by atoms with Gasteiger partial charge in [-0.1, -0.05) is 19.1 Å². The number of hydrogen-bond acceptors (Lipinski definition) is 4. The summed E-state index contributed by atoms with van der Waals surface area (Å²) in [6.45, 7) is 3.66. The topological polar surface area (TPSA) is 78.5 Å². The molecule has 2 aromatic carbocycles. The molecule has 2 rings (SSSR count). The van der Waals surface area contributed by atoms with Crippen molar-refractivity contribution in [2.45, 2.75) is 25.3 Å². The summed E-state index contributed by atoms with van der Waals surface area (Å²) in [5, 5.41) is 2.63. The van der Waals surface area contributed by atoms with Crippen molar-refractivity contribution in [2.75, 3.05) is 25.5 Å². The second-order valence-electron chi connectivity index (χ2n) is 6.24. The molecule has 0 aliphatic heterocycles. The lowest BCUT2D eigenvalue weighted by Gasteiger charge is -2.20. The highest BCUT2D eigenvalue weighted by atomic mass is 32.2. The molecule has 152 valence electrons. The fourth-order valence-electron chi connectivity index (χ4n) is 2.67. The van der Waals surface area contributed by atoms with Crippen molar-refractivity contribution in [3.8, 4) is 0 Å². The van der Waals surface area contributed by atoms with Crippen LogP contribution < -0.4 is 10.0 Å². The van der Waals surface area contributed by atoms with Gasteiger partial charge in [-0.15, -0.1) is 0 Å². The minimum atomic E-state index is -3.66. The van der Waals surface area contributed by atoms with Crippen LogP contribution in [0, 0.1) is 18.6 Å². The lowest BCUT2D eigenvalue weighted by atomic mass is 10.2. The van der Waals surface area contributed by atoms with Crippen molar-refractivity contribution in [3.63, 3.8) is 0 Å². The van der Waals surface area contributed by atoms with E-state index in [0.29, 0.717) is 17.8 Å². The number of carbonyl (C=O) groups excluding carboxylic acids is 1. The fourth-order valence-corrected chi connectivity index (χ4v) is 3.66. The highest BCUT2D eigenvalue weighted by Crippen LogP contribution is 2.20. The first-order valence-corrected chi connectivity index (χ1v) is 10.2. The van der Waals surface area contributed by atoms with Crippen molar-refractivity contribution >= 4 is 21.6 Å². The predicted octanol–water partition coefficient (Wildman–Crippen LogP) is 2.64. The Hall–Kier alpha value is -2.36. The van der Waals surface area contributed by atoms with E-state index in [2.05, 4.69) is 10.0 Å². The summed E-state index contributed by atoms with van der Waals surface area (Å²) in [7, 11) is -2.35. The van der Waals surface area contributed by atoms with Crippen LogP contribution in [0.5, 0.6) is 0 Å². The molecule has 0 aromatic heterocycles. The van der Waals surface area contributed by atoms with E-state index >= 15 is 0 Å². The molecule has 1 amide bonds. The first-order valence-electron chi connectivity index (χ1n) is 8.67. The molecule has 0 radical (unpaired) electrons. The third-order valence-corrected chi connectivity index (χ3v) is 5.84. The average Bonchev–Trinajstić information content (AvgIpc) is 2.65. The minimum absolute atomic E-state index is 0.0598. The second kappa shape index (κ2) is 9.22. The number of amides is 1. The lowest BCUT2D eigenvalue weighted by molar-refractivity contribution is -0.117. The molecule has 0 bridgehead atoms. The van der Waals surface area contributed by atoms with E-state index in [1.54, 1.807) is 30.9 Å². The van der Waals surface area contributed by atoms with Gasteiger partial charge >= 0.3 is 0 Å². The number of nitrogens with one attached hydrogen (secondary N) is 2. The molecule has 9 heteroatoms. The van der Waals surface area contributed by atoms with E-state index in [0.717, 1.165) is 0 Å². The zero-order valence-electron chi connectivity index (χ0n) is 15.9. The zero-order valence-corrected chi connectivity index (χ0v) is 16.7. The molecule has 0 saturated heterocycles. The third kappa shape index (κ3) is 5.34. The van der Waals surface area contributed by atoms with Crippen molar-refractivity contribution in [1.82, 2.24) is 9.62 Å². The van der Waals surface area contributed by atoms with Crippen LogP contribution in [-0.4, -0.2) is 39.4 Å². The maximum Gasteiger partial charge on any atom is 0.240 e. The van der Waals surface area contributed by atoms with E-state index in [1.165, 1.54) is 31.3 Å². The van der Waals surface area contributed by atoms with Gasteiger partial charge in [0.05, 0.1) is 11.4 Å². The van der Waals surface area contributed by atoms with Gasteiger partial charge in [0.2, 0.25) is 15.9 Å². The number of anilines is 1. The highest BCUT2D eigenvalue weighted by Gasteiger charge is 2.18. The van der Waals surface area contributed by atoms with Crippen LogP contribution in [0.15, 0.2) is 41.3 Å². The Balaban J connectivity index is 2.11. The number of sulfonamides is 1. The maximum atomic E-state index is 13.8. The van der Waals surface area contributed by atoms with Crippen LogP contribution in [-0.2, 0) is 21.4 Å². The molecule has 0 atom stereocenters. The molecule has 0 aliphatic rings. The number of hydrogen-bond donors (Lipinski definition) is 2. The average molecular weight is 411 g/mol. The normalized spacial score (nSPS) is 11.6. The van der Waals surface area contributed by atoms with Crippen LogP contribution in [0.25, 0.3) is 0 Å². The Kier molecular flexibility index (Phi) is 7.22. The number of rotatable bonds is 8. The van der Waals surface area contributed by atoms with Gasteiger partial charge in [-0.3, -0.25) is 9.69 Å². The Morgan fingerprint density at radius 1 is 1.14 bits per heavy atom. The largest absolute Gasteiger partial charge is 0.325 e. The van der Waals surface area contributed by atoms with Crippen LogP contribution >= 0.6 is 0 Å². The standard InChI is InChI=1S/C19H23F2N3O3S/c1-4-24(11-15-16(20)6-5-7-17(15)21)12-19(25)23-14-9-8-13(2)18(10-14)28(26,27)22-3/h5-10,22H,4,11-12H2,1-3H3,(H,23,25). The van der Waals surface area contributed by atoms with E-state index in [4.69, 9.17) is 0 Å². The number of likely N-dealkylation sites (N-methyl/N-ethyl adjacent to an activating group) is 1. The van der Waals surface area contributed by atoms with Crippen LogP contribution in [0.4, 0.5) is 14.5 Å². The monoisotopic (exact) mass is 411 g/mol. The molecular weight excluding hydrogens is 388 g/mol. The molecule has 0 aliphatic carbocycles. The molecule has 0 saturated carbocycles. The molecule has 6 nitrogen and oxygen atoms in total. The van der Waals surface area contributed by atoms with Crippen LogP contribution in [0.1, 0.15) is 18.1 Å². The highest BCUT2D eigenvalue weighted by molar-refractivity contribution is 7.89. The summed E-state index contributed by atoms with van der Waals surface area (Å²) < 4.78 is 54.0. The van der Waals surface area contributed by atoms with E-state index in [9.17, 15) is 22.0 Å². The number of carbonyl (C=O) groups is 1. The van der Waals surface area contributed by atoms with Gasteiger partial charge in [0.15, 0.2) is 0 Å². The third-order valence-electron chi connectivity index (χ3n) is 4.29. The predicted molar refractivity (Wildman–Crippen MR) is 103 cm³/mol. The molecule has 2 N–H and O–H groups in total. The van der Waals surface area contributed by atoms with Crippen molar-refractivity contribution in [3.05, 3.63) is 59.2 Å². The molecule has 0 heterocycles. The summed E-state index contributed by atoms with van der Waals surface area (Å²) in [5.41, 5.74) is 0.755. The maximum absolute atomic E-state index is 13.8. The first kappa shape index (κ1) is 21.9. The molecular formula is C19H23F2N3O3S. The lowest BCUT2D eigenvalue weighted by Crippen LogP contribution is -2.33. The summed E-state index contributed by atoms with van der Waals surface area (Å²) in [6, 6.07) is 8.17. The Labute approximate surface area is 163 Å². The van der Waals surface area contributed by atoms with Crippen molar-refractivity contribution in [1.29, 1.82) is 0 Å². The number of benzene rings is 2. The van der Waals surface area contributed by atoms with Gasteiger partial charge < -0.3 is 5.32 Å². The van der Waals surface area contributed by atoms with E-state index in [-0.39, 0.29) is 23.5 Å². The van der Waals surface area contributed by atoms with Crippen molar-refractivity contribution in [2.24, 2.45) is 0 Å². The molecule has 0 unspecified atom stereocenters. The molecule has 2 aromatic rings. The fraction of sp³-hybridized carbons (Fsp3) is 0.316. The first-order chi connectivity index (χ1) is 13.2. The Bertz CT molecular complexity index is 945. The number of halogens is 2. The smallest absolute Gasteiger partial charge is 0.240 e. The molecule has 0 spiro atoms. The summed E-state index contributed by atoms with van der Waals surface area (Å²) in [6.07, 6.45) is 0. The van der Waals surface area contributed by atoms with E-state index in [1.807, 2.05) is 0 Å². The van der Waals surface area contributed by atoms with E-state index < -0.39 is 27.6 Å². The SMILES string of the molecule is CCN(CC(=O)Nc1ccc(C)c(S(=O)(=O)NC)c1)Cc1c(F)cccc1F. The van der Waals surface area contributed by atoms with Crippen LogP contribution in [0.3, 0.4) is 0 Å². The zero-order chi connectivity index (χ0) is 20.9. The summed E-state index contributed by atoms with van der Waals surface area (Å²) in [5.74, 6) is -1.76. The molecule has 0 fully saturated rings. The second-order valence-corrected chi connectivity index (χ2v) is 8.09. The quantitative estimate of drug-likeness (QED) is 0.700. The minimum Gasteiger partial charge on any atom is -0.325 e. The van der Waals surface area contributed by atoms with Gasteiger partial charge in [0.1, 0.15) is 11.6 Å². The van der Waals surface area contributed by atoms with Gasteiger partial charge in [-0.05, 0) is 50.3 Å². The Morgan fingerprint density at radius 3 is 2.36 bits per heavy atom. The van der Waals surface area contributed by atoms with Gasteiger partial charge in [0.25, 0.3) is 0 Å². The van der Waals surface area contributed by atoms with Gasteiger partial charge in [-0.2, -0.15) is 0 Å². The van der Waals surface area contributed by atoms with Gasteiger partial charge in [-0.25, -0.2) is 21.9 Å². The summed E-state index contributed by atoms with van der Waals surface area (Å²) >= 11 is 0. The molecule has 28 heavy (non-hydrogen) atoms. The van der Waals surface area contributed by atoms with Crippen LogP contribution in [0.2, 0.25) is 0 Å². The Morgan fingerprint density at radius 2 is 1.79 bits per heavy atom.